The third kappa shape index (κ3) is 1.56. The summed E-state index contributed by atoms with van der Waals surface area (Å²) in [5.74, 6) is -1.40. The minimum Gasteiger partial charge on any atom is -0.481 e. The van der Waals surface area contributed by atoms with Crippen LogP contribution in [0.1, 0.15) is 22.6 Å². The molecular formula is C15H13NO2. The van der Waals surface area contributed by atoms with Crippen molar-refractivity contribution in [3.63, 3.8) is 0 Å². The largest absolute Gasteiger partial charge is 0.481 e. The van der Waals surface area contributed by atoms with Gasteiger partial charge in [0.05, 0.1) is 0 Å². The van der Waals surface area contributed by atoms with Gasteiger partial charge in [-0.15, -0.1) is 0 Å². The Labute approximate surface area is 105 Å². The van der Waals surface area contributed by atoms with Crippen molar-refractivity contribution in [2.45, 2.75) is 12.8 Å². The zero-order valence-corrected chi connectivity index (χ0v) is 9.97. The van der Waals surface area contributed by atoms with Crippen LogP contribution in [0.5, 0.6) is 0 Å². The number of aliphatic carboxylic acids is 1. The van der Waals surface area contributed by atoms with E-state index in [1.54, 1.807) is 0 Å². The van der Waals surface area contributed by atoms with E-state index in [1.807, 2.05) is 49.4 Å². The van der Waals surface area contributed by atoms with E-state index in [1.165, 1.54) is 0 Å². The molecule has 0 aromatic heterocycles. The molecule has 3 heteroatoms. The molecule has 2 aromatic rings. The molecule has 2 aromatic carbocycles. The van der Waals surface area contributed by atoms with Gasteiger partial charge < -0.3 is 10.4 Å². The number of aryl methyl sites for hydroxylation is 1. The SMILES string of the molecule is Cc1ccc2c(c1)C(C(=O)O)c1ccccc1N2. The van der Waals surface area contributed by atoms with Crippen molar-refractivity contribution in [2.75, 3.05) is 5.32 Å². The number of para-hydroxylation sites is 1. The second-order valence-electron chi connectivity index (χ2n) is 4.57. The first-order valence-electron chi connectivity index (χ1n) is 5.86. The average molecular weight is 239 g/mol. The fourth-order valence-corrected chi connectivity index (χ4v) is 2.48. The van der Waals surface area contributed by atoms with Gasteiger partial charge in [0.25, 0.3) is 0 Å². The van der Waals surface area contributed by atoms with Gasteiger partial charge in [0.15, 0.2) is 0 Å². The van der Waals surface area contributed by atoms with E-state index < -0.39 is 11.9 Å². The highest BCUT2D eigenvalue weighted by atomic mass is 16.4. The van der Waals surface area contributed by atoms with Gasteiger partial charge in [0.1, 0.15) is 5.92 Å². The molecule has 0 fully saturated rings. The molecule has 0 saturated carbocycles. The number of nitrogens with one attached hydrogen (secondary N) is 1. The van der Waals surface area contributed by atoms with E-state index in [4.69, 9.17) is 0 Å². The first kappa shape index (κ1) is 10.8. The van der Waals surface area contributed by atoms with Crippen LogP contribution >= 0.6 is 0 Å². The molecular weight excluding hydrogens is 226 g/mol. The molecule has 0 saturated heterocycles. The van der Waals surface area contributed by atoms with Gasteiger partial charge in [-0.2, -0.15) is 0 Å². The number of fused-ring (bicyclic) bond motifs is 2. The van der Waals surface area contributed by atoms with Gasteiger partial charge in [0, 0.05) is 11.4 Å². The molecule has 90 valence electrons. The second kappa shape index (κ2) is 3.88. The van der Waals surface area contributed by atoms with Crippen LogP contribution < -0.4 is 5.32 Å². The summed E-state index contributed by atoms with van der Waals surface area (Å²) in [6.07, 6.45) is 0. The number of carbonyl (C=O) groups is 1. The number of hydrogen-bond donors (Lipinski definition) is 2. The Bertz CT molecular complexity index is 634. The third-order valence-corrected chi connectivity index (χ3v) is 3.31. The average Bonchev–Trinajstić information content (AvgIpc) is 2.35. The molecule has 18 heavy (non-hydrogen) atoms. The van der Waals surface area contributed by atoms with Crippen molar-refractivity contribution >= 4 is 17.3 Å². The number of hydrogen-bond acceptors (Lipinski definition) is 2. The molecule has 2 N–H and O–H groups in total. The van der Waals surface area contributed by atoms with E-state index in [0.717, 1.165) is 28.1 Å². The Morgan fingerprint density at radius 1 is 1.11 bits per heavy atom. The molecule has 0 bridgehead atoms. The molecule has 0 amide bonds. The molecule has 1 atom stereocenters. The molecule has 0 spiro atoms. The van der Waals surface area contributed by atoms with Crippen molar-refractivity contribution in [1.29, 1.82) is 0 Å². The summed E-state index contributed by atoms with van der Waals surface area (Å²) < 4.78 is 0. The van der Waals surface area contributed by atoms with Gasteiger partial charge in [-0.3, -0.25) is 4.79 Å². The predicted octanol–water partition coefficient (Wildman–Crippen LogP) is 3.27. The van der Waals surface area contributed by atoms with Crippen LogP contribution in [0, 0.1) is 6.92 Å². The van der Waals surface area contributed by atoms with E-state index in [-0.39, 0.29) is 0 Å². The molecule has 1 aliphatic rings. The standard InChI is InChI=1S/C15H13NO2/c1-9-6-7-13-11(8-9)14(15(17)18)10-4-2-3-5-12(10)16-13/h2-8,14,16H,1H3,(H,17,18). The maximum Gasteiger partial charge on any atom is 0.315 e. The lowest BCUT2D eigenvalue weighted by Crippen LogP contribution is -2.20. The Morgan fingerprint density at radius 2 is 1.83 bits per heavy atom. The fraction of sp³-hybridized carbons (Fsp3) is 0.133. The van der Waals surface area contributed by atoms with Crippen LogP contribution in [0.4, 0.5) is 11.4 Å². The highest BCUT2D eigenvalue weighted by Crippen LogP contribution is 2.41. The summed E-state index contributed by atoms with van der Waals surface area (Å²) in [5.41, 5.74) is 4.48. The Kier molecular flexibility index (Phi) is 2.33. The second-order valence-corrected chi connectivity index (χ2v) is 4.57. The number of rotatable bonds is 1. The minimum atomic E-state index is -0.809. The van der Waals surface area contributed by atoms with Gasteiger partial charge in [-0.25, -0.2) is 0 Å². The quantitative estimate of drug-likeness (QED) is 0.803. The fourth-order valence-electron chi connectivity index (χ4n) is 2.48. The van der Waals surface area contributed by atoms with E-state index in [9.17, 15) is 9.90 Å². The zero-order chi connectivity index (χ0) is 12.7. The van der Waals surface area contributed by atoms with Crippen LogP contribution in [0.15, 0.2) is 42.5 Å². The molecule has 3 rings (SSSR count). The number of benzene rings is 2. The van der Waals surface area contributed by atoms with E-state index in [0.29, 0.717) is 0 Å². The number of carboxylic acid groups (broad SMARTS) is 1. The maximum atomic E-state index is 11.6. The smallest absolute Gasteiger partial charge is 0.315 e. The Balaban J connectivity index is 2.24. The molecule has 1 aliphatic heterocycles. The lowest BCUT2D eigenvalue weighted by molar-refractivity contribution is -0.137. The lowest BCUT2D eigenvalue weighted by atomic mass is 9.85. The predicted molar refractivity (Wildman–Crippen MR) is 70.4 cm³/mol. The molecule has 1 unspecified atom stereocenters. The summed E-state index contributed by atoms with van der Waals surface area (Å²) in [6, 6.07) is 13.4. The van der Waals surface area contributed by atoms with Crippen LogP contribution in [0.2, 0.25) is 0 Å². The first-order valence-corrected chi connectivity index (χ1v) is 5.86. The minimum absolute atomic E-state index is 0.586. The van der Waals surface area contributed by atoms with Gasteiger partial charge in [-0.05, 0) is 30.2 Å². The van der Waals surface area contributed by atoms with Crippen molar-refractivity contribution in [3.05, 3.63) is 59.2 Å². The summed E-state index contributed by atoms with van der Waals surface area (Å²) in [5, 5.41) is 12.8. The normalized spacial score (nSPS) is 16.4. The van der Waals surface area contributed by atoms with Crippen LogP contribution in [-0.2, 0) is 4.79 Å². The Morgan fingerprint density at radius 3 is 2.61 bits per heavy atom. The number of anilines is 2. The molecule has 0 aliphatic carbocycles. The monoisotopic (exact) mass is 239 g/mol. The summed E-state index contributed by atoms with van der Waals surface area (Å²) in [6.45, 7) is 1.97. The summed E-state index contributed by atoms with van der Waals surface area (Å²) in [4.78, 5) is 11.6. The van der Waals surface area contributed by atoms with Crippen LogP contribution in [0.3, 0.4) is 0 Å². The van der Waals surface area contributed by atoms with E-state index in [2.05, 4.69) is 5.32 Å². The molecule has 1 heterocycles. The highest BCUT2D eigenvalue weighted by molar-refractivity contribution is 5.89. The van der Waals surface area contributed by atoms with Gasteiger partial charge in [0.2, 0.25) is 0 Å². The maximum absolute atomic E-state index is 11.6. The summed E-state index contributed by atoms with van der Waals surface area (Å²) >= 11 is 0. The van der Waals surface area contributed by atoms with Crippen molar-refractivity contribution in [2.24, 2.45) is 0 Å². The zero-order valence-electron chi connectivity index (χ0n) is 9.97. The number of carboxylic acids is 1. The van der Waals surface area contributed by atoms with Crippen LogP contribution in [-0.4, -0.2) is 11.1 Å². The molecule has 3 nitrogen and oxygen atoms in total. The van der Waals surface area contributed by atoms with E-state index >= 15 is 0 Å². The van der Waals surface area contributed by atoms with Gasteiger partial charge in [-0.1, -0.05) is 35.9 Å². The highest BCUT2D eigenvalue weighted by Gasteiger charge is 2.30. The Hall–Kier alpha value is -2.29. The molecule has 0 radical (unpaired) electrons. The van der Waals surface area contributed by atoms with Crippen LogP contribution in [0.25, 0.3) is 0 Å². The van der Waals surface area contributed by atoms with Crippen molar-refractivity contribution in [1.82, 2.24) is 0 Å². The van der Waals surface area contributed by atoms with Crippen molar-refractivity contribution < 1.29 is 9.90 Å². The third-order valence-electron chi connectivity index (χ3n) is 3.31. The van der Waals surface area contributed by atoms with Gasteiger partial charge >= 0.3 is 5.97 Å². The lowest BCUT2D eigenvalue weighted by Gasteiger charge is -2.27. The summed E-state index contributed by atoms with van der Waals surface area (Å²) in [7, 11) is 0. The topological polar surface area (TPSA) is 49.3 Å². The van der Waals surface area contributed by atoms with Crippen molar-refractivity contribution in [3.8, 4) is 0 Å². The first-order chi connectivity index (χ1) is 8.66.